The van der Waals surface area contributed by atoms with E-state index in [1.807, 2.05) is 30.3 Å². The van der Waals surface area contributed by atoms with Gasteiger partial charge in [-0.05, 0) is 56.4 Å². The average Bonchev–Trinajstić information content (AvgIpc) is 2.65. The third-order valence-corrected chi connectivity index (χ3v) is 4.55. The van der Waals surface area contributed by atoms with E-state index in [1.54, 1.807) is 0 Å². The summed E-state index contributed by atoms with van der Waals surface area (Å²) in [7, 11) is 0. The van der Waals surface area contributed by atoms with Gasteiger partial charge in [-0.2, -0.15) is 0 Å². The molecular weight excluding hydrogens is 312 g/mol. The van der Waals surface area contributed by atoms with Gasteiger partial charge in [0.2, 0.25) is 0 Å². The molecule has 1 aliphatic heterocycles. The number of unbranched alkanes of at least 4 members (excludes halogenated alkanes) is 7. The first-order valence-corrected chi connectivity index (χ1v) is 10.0. The maximum Gasteiger partial charge on any atom is 0.199 e. The number of allylic oxidation sites excluding steroid dienone is 1. The molecule has 0 N–H and O–H groups in total. The van der Waals surface area contributed by atoms with Crippen molar-refractivity contribution in [1.82, 2.24) is 0 Å². The minimum Gasteiger partial charge on any atom is -0.494 e. The van der Waals surface area contributed by atoms with Crippen LogP contribution >= 0.6 is 0 Å². The van der Waals surface area contributed by atoms with Gasteiger partial charge < -0.3 is 14.2 Å². The van der Waals surface area contributed by atoms with E-state index in [0.29, 0.717) is 0 Å². The Hall–Kier alpha value is -1.48. The van der Waals surface area contributed by atoms with E-state index in [1.165, 1.54) is 44.9 Å². The Balaban J connectivity index is 1.49. The summed E-state index contributed by atoms with van der Waals surface area (Å²) in [6.45, 7) is 5.36. The molecule has 1 unspecified atom stereocenters. The lowest BCUT2D eigenvalue weighted by molar-refractivity contribution is -0.105. The van der Waals surface area contributed by atoms with Crippen molar-refractivity contribution < 1.29 is 14.2 Å². The zero-order chi connectivity index (χ0) is 17.6. The molecule has 0 bridgehead atoms. The maximum atomic E-state index is 5.83. The lowest BCUT2D eigenvalue weighted by Crippen LogP contribution is -2.24. The highest BCUT2D eigenvalue weighted by molar-refractivity contribution is 5.31. The van der Waals surface area contributed by atoms with Gasteiger partial charge in [-0.15, -0.1) is 6.58 Å². The van der Waals surface area contributed by atoms with E-state index in [2.05, 4.69) is 6.58 Å². The van der Waals surface area contributed by atoms with Crippen LogP contribution in [0.2, 0.25) is 0 Å². The summed E-state index contributed by atoms with van der Waals surface area (Å²) in [5.41, 5.74) is 0. The smallest absolute Gasteiger partial charge is 0.199 e. The van der Waals surface area contributed by atoms with Crippen molar-refractivity contribution in [1.29, 1.82) is 0 Å². The average molecular weight is 347 g/mol. The molecule has 0 aromatic heterocycles. The zero-order valence-corrected chi connectivity index (χ0v) is 15.6. The van der Waals surface area contributed by atoms with Gasteiger partial charge in [0, 0.05) is 6.42 Å². The monoisotopic (exact) mass is 346 g/mol. The van der Waals surface area contributed by atoms with E-state index in [9.17, 15) is 0 Å². The molecule has 1 aromatic carbocycles. The molecule has 0 amide bonds. The minimum atomic E-state index is -0.0858. The lowest BCUT2D eigenvalue weighted by atomic mass is 10.1. The summed E-state index contributed by atoms with van der Waals surface area (Å²) in [6.07, 6.45) is 15.4. The summed E-state index contributed by atoms with van der Waals surface area (Å²) in [5, 5.41) is 0. The van der Waals surface area contributed by atoms with Crippen LogP contribution in [0.25, 0.3) is 0 Å². The molecular formula is C22H34O3. The van der Waals surface area contributed by atoms with Crippen molar-refractivity contribution >= 4 is 0 Å². The Bertz CT molecular complexity index is 449. The van der Waals surface area contributed by atoms with Crippen LogP contribution in [-0.2, 0) is 4.74 Å². The zero-order valence-electron chi connectivity index (χ0n) is 15.6. The highest BCUT2D eigenvalue weighted by atomic mass is 16.7. The molecule has 1 aliphatic rings. The van der Waals surface area contributed by atoms with Crippen LogP contribution in [0.1, 0.15) is 70.6 Å². The van der Waals surface area contributed by atoms with E-state index >= 15 is 0 Å². The van der Waals surface area contributed by atoms with Crippen LogP contribution < -0.4 is 9.47 Å². The largest absolute Gasteiger partial charge is 0.494 e. The summed E-state index contributed by atoms with van der Waals surface area (Å²) in [4.78, 5) is 0. The number of hydrogen-bond donors (Lipinski definition) is 0. The van der Waals surface area contributed by atoms with Gasteiger partial charge in [0.15, 0.2) is 6.29 Å². The summed E-state index contributed by atoms with van der Waals surface area (Å²) in [6, 6.07) is 7.91. The first-order chi connectivity index (χ1) is 12.4. The second-order valence-corrected chi connectivity index (χ2v) is 6.79. The van der Waals surface area contributed by atoms with Crippen molar-refractivity contribution in [2.24, 2.45) is 0 Å². The SMILES string of the molecule is C=CCCCCCCCCCOc1ccc(OC2CCCCO2)cc1. The molecule has 1 fully saturated rings. The Morgan fingerprint density at radius 2 is 1.60 bits per heavy atom. The summed E-state index contributed by atoms with van der Waals surface area (Å²) < 4.78 is 17.2. The van der Waals surface area contributed by atoms with Gasteiger partial charge in [0.05, 0.1) is 13.2 Å². The Kier molecular flexibility index (Phi) is 10.2. The van der Waals surface area contributed by atoms with Crippen LogP contribution in [0, 0.1) is 0 Å². The van der Waals surface area contributed by atoms with Crippen LogP contribution in [-0.4, -0.2) is 19.5 Å². The highest BCUT2D eigenvalue weighted by Gasteiger charge is 2.14. The molecule has 140 valence electrons. The molecule has 0 spiro atoms. The summed E-state index contributed by atoms with van der Waals surface area (Å²) in [5.74, 6) is 1.78. The van der Waals surface area contributed by atoms with Crippen LogP contribution in [0.5, 0.6) is 11.5 Å². The normalized spacial score (nSPS) is 17.2. The van der Waals surface area contributed by atoms with Crippen molar-refractivity contribution in [2.75, 3.05) is 13.2 Å². The van der Waals surface area contributed by atoms with Gasteiger partial charge >= 0.3 is 0 Å². The van der Waals surface area contributed by atoms with Gasteiger partial charge in [0.25, 0.3) is 0 Å². The first kappa shape index (κ1) is 19.8. The predicted molar refractivity (Wildman–Crippen MR) is 103 cm³/mol. The molecule has 2 rings (SSSR count). The quantitative estimate of drug-likeness (QED) is 0.311. The number of rotatable bonds is 13. The second-order valence-electron chi connectivity index (χ2n) is 6.79. The van der Waals surface area contributed by atoms with Gasteiger partial charge in [0.1, 0.15) is 11.5 Å². The molecule has 1 heterocycles. The van der Waals surface area contributed by atoms with E-state index in [0.717, 1.165) is 50.4 Å². The number of benzene rings is 1. The summed E-state index contributed by atoms with van der Waals surface area (Å²) >= 11 is 0. The lowest BCUT2D eigenvalue weighted by Gasteiger charge is -2.23. The highest BCUT2D eigenvalue weighted by Crippen LogP contribution is 2.22. The Labute approximate surface area is 153 Å². The van der Waals surface area contributed by atoms with E-state index in [4.69, 9.17) is 14.2 Å². The third kappa shape index (κ3) is 8.97. The molecule has 1 aromatic rings. The molecule has 0 saturated carbocycles. The first-order valence-electron chi connectivity index (χ1n) is 10.0. The molecule has 3 nitrogen and oxygen atoms in total. The second kappa shape index (κ2) is 12.8. The molecule has 0 radical (unpaired) electrons. The minimum absolute atomic E-state index is 0.0858. The molecule has 1 saturated heterocycles. The van der Waals surface area contributed by atoms with Crippen molar-refractivity contribution in [3.8, 4) is 11.5 Å². The predicted octanol–water partition coefficient (Wildman–Crippen LogP) is 6.28. The molecule has 25 heavy (non-hydrogen) atoms. The van der Waals surface area contributed by atoms with Crippen molar-refractivity contribution in [3.63, 3.8) is 0 Å². The number of ether oxygens (including phenoxy) is 3. The third-order valence-electron chi connectivity index (χ3n) is 4.55. The Morgan fingerprint density at radius 1 is 0.920 bits per heavy atom. The fraction of sp³-hybridized carbons (Fsp3) is 0.636. The van der Waals surface area contributed by atoms with Crippen LogP contribution in [0.4, 0.5) is 0 Å². The fourth-order valence-electron chi connectivity index (χ4n) is 3.03. The number of hydrogen-bond acceptors (Lipinski definition) is 3. The van der Waals surface area contributed by atoms with Crippen molar-refractivity contribution in [2.45, 2.75) is 76.9 Å². The van der Waals surface area contributed by atoms with Crippen LogP contribution in [0.15, 0.2) is 36.9 Å². The van der Waals surface area contributed by atoms with Gasteiger partial charge in [-0.1, -0.05) is 38.2 Å². The van der Waals surface area contributed by atoms with Gasteiger partial charge in [-0.3, -0.25) is 0 Å². The van der Waals surface area contributed by atoms with Crippen LogP contribution in [0.3, 0.4) is 0 Å². The standard InChI is InChI=1S/C22H34O3/c1-2-3-4-5-6-7-8-9-11-18-23-20-14-16-21(17-15-20)25-22-13-10-12-19-24-22/h2,14-17,22H,1,3-13,18-19H2. The fourth-order valence-corrected chi connectivity index (χ4v) is 3.03. The Morgan fingerprint density at radius 3 is 2.28 bits per heavy atom. The molecule has 3 heteroatoms. The van der Waals surface area contributed by atoms with Crippen molar-refractivity contribution in [3.05, 3.63) is 36.9 Å². The molecule has 1 atom stereocenters. The topological polar surface area (TPSA) is 27.7 Å². The van der Waals surface area contributed by atoms with Gasteiger partial charge in [-0.25, -0.2) is 0 Å². The van der Waals surface area contributed by atoms with E-state index < -0.39 is 0 Å². The maximum absolute atomic E-state index is 5.83. The van der Waals surface area contributed by atoms with E-state index in [-0.39, 0.29) is 6.29 Å². The molecule has 0 aliphatic carbocycles.